The zero-order valence-corrected chi connectivity index (χ0v) is 24.3. The van der Waals surface area contributed by atoms with Crippen LogP contribution in [0.1, 0.15) is 71.3 Å². The van der Waals surface area contributed by atoms with Crippen molar-refractivity contribution >= 4 is 17.9 Å². The number of benzene rings is 1. The van der Waals surface area contributed by atoms with Gasteiger partial charge in [-0.15, -0.1) is 0 Å². The van der Waals surface area contributed by atoms with Crippen LogP contribution < -0.4 is 10.6 Å². The van der Waals surface area contributed by atoms with Crippen molar-refractivity contribution < 1.29 is 24.2 Å². The highest BCUT2D eigenvalue weighted by atomic mass is 16.6. The van der Waals surface area contributed by atoms with Gasteiger partial charge in [0.2, 0.25) is 11.8 Å². The van der Waals surface area contributed by atoms with Gasteiger partial charge in [-0.05, 0) is 95.0 Å². The molecule has 0 aromatic heterocycles. The molecule has 3 N–H and O–H groups in total. The van der Waals surface area contributed by atoms with Crippen LogP contribution in [0.4, 0.5) is 4.79 Å². The van der Waals surface area contributed by atoms with Crippen molar-refractivity contribution in [1.29, 1.82) is 5.26 Å². The second-order valence-electron chi connectivity index (χ2n) is 14.6. The van der Waals surface area contributed by atoms with Crippen molar-refractivity contribution in [3.8, 4) is 6.07 Å². The summed E-state index contributed by atoms with van der Waals surface area (Å²) in [4.78, 5) is 43.0. The van der Waals surface area contributed by atoms with Crippen LogP contribution in [0.15, 0.2) is 30.3 Å². The molecule has 7 rings (SSSR count). The molecule has 3 amide bonds. The van der Waals surface area contributed by atoms with E-state index in [-0.39, 0.29) is 18.2 Å². The van der Waals surface area contributed by atoms with Gasteiger partial charge in [0.05, 0.1) is 11.7 Å². The summed E-state index contributed by atoms with van der Waals surface area (Å²) in [7, 11) is 0. The molecule has 41 heavy (non-hydrogen) atoms. The molecule has 5 saturated carbocycles. The summed E-state index contributed by atoms with van der Waals surface area (Å²) in [6.07, 6.45) is 5.01. The molecular weight excluding hydrogens is 520 g/mol. The number of nitriles is 1. The lowest BCUT2D eigenvalue weighted by Gasteiger charge is -2.62. The number of rotatable bonds is 7. The van der Waals surface area contributed by atoms with Gasteiger partial charge in [-0.2, -0.15) is 5.26 Å². The molecule has 1 aromatic carbocycles. The fraction of sp³-hybridized carbons (Fsp3) is 0.688. The molecule has 0 spiro atoms. The number of fused-ring (bicyclic) bond motifs is 1. The highest BCUT2D eigenvalue weighted by Crippen LogP contribution is 2.63. The monoisotopic (exact) mass is 562 g/mol. The van der Waals surface area contributed by atoms with E-state index in [1.54, 1.807) is 25.7 Å². The molecule has 9 nitrogen and oxygen atoms in total. The Morgan fingerprint density at radius 3 is 2.39 bits per heavy atom. The number of aliphatic hydroxyl groups is 1. The molecule has 1 aliphatic heterocycles. The van der Waals surface area contributed by atoms with E-state index in [4.69, 9.17) is 4.74 Å². The first-order valence-corrected chi connectivity index (χ1v) is 15.1. The quantitative estimate of drug-likeness (QED) is 0.467. The first kappa shape index (κ1) is 28.0. The maximum Gasteiger partial charge on any atom is 0.408 e. The van der Waals surface area contributed by atoms with Gasteiger partial charge < -0.3 is 25.4 Å². The Labute approximate surface area is 242 Å². The topological polar surface area (TPSA) is 132 Å². The molecule has 9 heteroatoms. The number of likely N-dealkylation sites (tertiary alicyclic amines) is 1. The lowest BCUT2D eigenvalue weighted by Crippen LogP contribution is -2.67. The predicted octanol–water partition coefficient (Wildman–Crippen LogP) is 3.31. The zero-order valence-electron chi connectivity index (χ0n) is 24.3. The van der Waals surface area contributed by atoms with Crippen molar-refractivity contribution in [3.63, 3.8) is 0 Å². The third-order valence-electron chi connectivity index (χ3n) is 10.1. The average Bonchev–Trinajstić information content (AvgIpc) is 3.54. The molecular formula is C32H42N4O5. The van der Waals surface area contributed by atoms with Gasteiger partial charge in [-0.25, -0.2) is 4.79 Å². The molecule has 7 unspecified atom stereocenters. The maximum absolute atomic E-state index is 14.4. The van der Waals surface area contributed by atoms with Crippen LogP contribution in [0.3, 0.4) is 0 Å². The van der Waals surface area contributed by atoms with Crippen molar-refractivity contribution in [1.82, 2.24) is 15.5 Å². The summed E-state index contributed by atoms with van der Waals surface area (Å²) in [5.41, 5.74) is -1.29. The summed E-state index contributed by atoms with van der Waals surface area (Å²) >= 11 is 0. The molecule has 7 atom stereocenters. The van der Waals surface area contributed by atoms with Gasteiger partial charge in [0, 0.05) is 18.4 Å². The highest BCUT2D eigenvalue weighted by Gasteiger charge is 2.63. The van der Waals surface area contributed by atoms with E-state index >= 15 is 0 Å². The van der Waals surface area contributed by atoms with Crippen LogP contribution in [-0.2, 0) is 20.7 Å². The van der Waals surface area contributed by atoms with Crippen LogP contribution in [0.2, 0.25) is 0 Å². The summed E-state index contributed by atoms with van der Waals surface area (Å²) in [5.74, 6) is 0.497. The minimum Gasteiger partial charge on any atom is -0.444 e. The van der Waals surface area contributed by atoms with Crippen LogP contribution in [-0.4, -0.2) is 63.8 Å². The fourth-order valence-corrected chi connectivity index (χ4v) is 8.87. The summed E-state index contributed by atoms with van der Waals surface area (Å²) in [6, 6.07) is 9.44. The second-order valence-corrected chi connectivity index (χ2v) is 14.6. The third-order valence-corrected chi connectivity index (χ3v) is 10.1. The first-order chi connectivity index (χ1) is 19.4. The van der Waals surface area contributed by atoms with E-state index in [1.807, 2.05) is 30.3 Å². The van der Waals surface area contributed by atoms with Crippen molar-refractivity contribution in [2.45, 2.75) is 101 Å². The number of piperidine rings is 1. The van der Waals surface area contributed by atoms with E-state index in [9.17, 15) is 24.8 Å². The Kier molecular flexibility index (Phi) is 6.84. The number of alkyl carbamates (subject to hydrolysis) is 1. The van der Waals surface area contributed by atoms with E-state index in [0.29, 0.717) is 30.7 Å². The Hall–Kier alpha value is -3.12. The molecule has 1 heterocycles. The summed E-state index contributed by atoms with van der Waals surface area (Å²) < 4.78 is 5.47. The number of carbonyl (C=O) groups excluding carboxylic acids is 3. The summed E-state index contributed by atoms with van der Waals surface area (Å²) in [6.45, 7) is 5.82. The first-order valence-electron chi connectivity index (χ1n) is 15.1. The molecule has 1 saturated heterocycles. The second kappa shape index (κ2) is 10.0. The number of hydrogen-bond acceptors (Lipinski definition) is 6. The normalized spacial score (nSPS) is 36.1. The van der Waals surface area contributed by atoms with E-state index in [1.165, 1.54) is 0 Å². The molecule has 5 aliphatic carbocycles. The van der Waals surface area contributed by atoms with Crippen LogP contribution in [0.5, 0.6) is 0 Å². The maximum atomic E-state index is 14.4. The predicted molar refractivity (Wildman–Crippen MR) is 150 cm³/mol. The Morgan fingerprint density at radius 2 is 1.78 bits per heavy atom. The molecule has 4 bridgehead atoms. The SMILES string of the molecule is CC(C)(C)OC(=O)NC(Cc1ccccc1)C(=O)NC(C(=O)N1CC2CC2C1C#N)C12CC3CC(CC(O)(C3)C1)C2. The van der Waals surface area contributed by atoms with Gasteiger partial charge in [0.1, 0.15) is 23.7 Å². The molecule has 220 valence electrons. The lowest BCUT2D eigenvalue weighted by atomic mass is 9.46. The minimum absolute atomic E-state index is 0.209. The van der Waals surface area contributed by atoms with Crippen LogP contribution in [0.25, 0.3) is 0 Å². The van der Waals surface area contributed by atoms with Gasteiger partial charge in [-0.1, -0.05) is 30.3 Å². The van der Waals surface area contributed by atoms with Gasteiger partial charge >= 0.3 is 6.09 Å². The van der Waals surface area contributed by atoms with Crippen molar-refractivity contribution in [2.24, 2.45) is 29.1 Å². The van der Waals surface area contributed by atoms with Crippen molar-refractivity contribution in [2.75, 3.05) is 6.54 Å². The van der Waals surface area contributed by atoms with Crippen LogP contribution >= 0.6 is 0 Å². The number of nitrogens with one attached hydrogen (secondary N) is 2. The number of hydrogen-bond donors (Lipinski definition) is 3. The molecule has 6 fully saturated rings. The van der Waals surface area contributed by atoms with E-state index < -0.39 is 46.7 Å². The molecule has 6 aliphatic rings. The Balaban J connectivity index is 1.30. The number of ether oxygens (including phenoxy) is 1. The lowest BCUT2D eigenvalue weighted by molar-refractivity contribution is -0.182. The fourth-order valence-electron chi connectivity index (χ4n) is 8.87. The van der Waals surface area contributed by atoms with Gasteiger partial charge in [0.15, 0.2) is 0 Å². The summed E-state index contributed by atoms with van der Waals surface area (Å²) in [5, 5.41) is 27.3. The number of carbonyl (C=O) groups is 3. The third kappa shape index (κ3) is 5.55. The van der Waals surface area contributed by atoms with Gasteiger partial charge in [-0.3, -0.25) is 9.59 Å². The smallest absolute Gasteiger partial charge is 0.408 e. The Morgan fingerprint density at radius 1 is 1.10 bits per heavy atom. The molecule has 1 aromatic rings. The van der Waals surface area contributed by atoms with E-state index in [2.05, 4.69) is 16.7 Å². The van der Waals surface area contributed by atoms with Crippen molar-refractivity contribution in [3.05, 3.63) is 35.9 Å². The van der Waals surface area contributed by atoms with Gasteiger partial charge in [0.25, 0.3) is 0 Å². The number of amides is 3. The minimum atomic E-state index is -0.974. The Bertz CT molecular complexity index is 1240. The zero-order chi connectivity index (χ0) is 29.2. The largest absolute Gasteiger partial charge is 0.444 e. The highest BCUT2D eigenvalue weighted by molar-refractivity contribution is 5.92. The average molecular weight is 563 g/mol. The van der Waals surface area contributed by atoms with E-state index in [0.717, 1.165) is 44.1 Å². The van der Waals surface area contributed by atoms with Crippen LogP contribution in [0, 0.1) is 40.4 Å². The standard InChI is InChI=1S/C32H42N4O5/c1-30(2,3)41-29(39)34-24(10-19-7-5-4-6-8-19)27(37)35-26(28(38)36-17-22-11-23(22)25(36)16-33)31-12-20-9-21(13-31)15-32(40,14-20)18-31/h4-8,20-26,40H,9-15,17-18H2,1-3H3,(H,34,39)(H,35,37). The molecule has 0 radical (unpaired) electrons. The number of nitrogens with zero attached hydrogens (tertiary/aromatic N) is 2.